The Balaban J connectivity index is 2.33. The smallest absolute Gasteiger partial charge is 0.251 e. The molecular weight excluding hydrogens is 286 g/mol. The highest BCUT2D eigenvalue weighted by molar-refractivity contribution is 6.02. The summed E-state index contributed by atoms with van der Waals surface area (Å²) in [7, 11) is 0. The van der Waals surface area contributed by atoms with Crippen LogP contribution in [0.4, 0.5) is 0 Å². The average Bonchev–Trinajstić information content (AvgIpc) is 2.77. The number of primary amides is 1. The van der Waals surface area contributed by atoms with E-state index in [0.29, 0.717) is 5.56 Å². The molecule has 3 rings (SSSR count). The summed E-state index contributed by atoms with van der Waals surface area (Å²) < 4.78 is 2.15. The van der Waals surface area contributed by atoms with Gasteiger partial charge in [-0.3, -0.25) is 4.79 Å². The Morgan fingerprint density at radius 2 is 1.78 bits per heavy atom. The number of pyridine rings is 1. The summed E-state index contributed by atoms with van der Waals surface area (Å²) >= 11 is 0. The molecule has 0 saturated heterocycles. The number of rotatable bonds is 3. The zero-order chi connectivity index (χ0) is 16.7. The van der Waals surface area contributed by atoms with Gasteiger partial charge in [0.2, 0.25) is 0 Å². The van der Waals surface area contributed by atoms with Gasteiger partial charge in [0.1, 0.15) is 0 Å². The summed E-state index contributed by atoms with van der Waals surface area (Å²) in [5.74, 6) is -0.407. The first kappa shape index (κ1) is 15.3. The van der Waals surface area contributed by atoms with Crippen molar-refractivity contribution in [1.82, 2.24) is 9.55 Å². The molecular formula is C19H21N3O. The van der Waals surface area contributed by atoms with Crippen LogP contribution in [0.25, 0.3) is 22.2 Å². The third-order valence-electron chi connectivity index (χ3n) is 4.31. The lowest BCUT2D eigenvalue weighted by atomic mass is 10.0. The molecule has 0 atom stereocenters. The molecule has 0 aliphatic heterocycles. The first-order valence-corrected chi connectivity index (χ1v) is 7.79. The third kappa shape index (κ3) is 2.40. The molecule has 0 aliphatic rings. The zero-order valence-electron chi connectivity index (χ0n) is 13.9. The van der Waals surface area contributed by atoms with Crippen LogP contribution in [-0.2, 0) is 0 Å². The van der Waals surface area contributed by atoms with Crippen molar-refractivity contribution >= 4 is 16.8 Å². The van der Waals surface area contributed by atoms with Gasteiger partial charge in [0.25, 0.3) is 5.91 Å². The fourth-order valence-electron chi connectivity index (χ4n) is 3.45. The molecule has 0 aliphatic carbocycles. The average molecular weight is 307 g/mol. The highest BCUT2D eigenvalue weighted by Gasteiger charge is 2.24. The number of amides is 1. The molecule has 0 fully saturated rings. The molecule has 4 nitrogen and oxygen atoms in total. The van der Waals surface area contributed by atoms with Gasteiger partial charge in [0, 0.05) is 28.4 Å². The number of hydrogen-bond acceptors (Lipinski definition) is 2. The van der Waals surface area contributed by atoms with Crippen LogP contribution in [0.5, 0.6) is 0 Å². The van der Waals surface area contributed by atoms with Gasteiger partial charge in [-0.25, -0.2) is 4.98 Å². The largest absolute Gasteiger partial charge is 0.366 e. The molecule has 23 heavy (non-hydrogen) atoms. The normalized spacial score (nSPS) is 11.3. The molecule has 1 aromatic carbocycles. The summed E-state index contributed by atoms with van der Waals surface area (Å²) in [6.45, 7) is 8.16. The van der Waals surface area contributed by atoms with Gasteiger partial charge in [-0.05, 0) is 39.8 Å². The van der Waals surface area contributed by atoms with Crippen LogP contribution in [-0.4, -0.2) is 15.5 Å². The number of carbonyl (C=O) groups excluding carboxylic acids is 1. The van der Waals surface area contributed by atoms with Crippen LogP contribution < -0.4 is 5.73 Å². The number of benzene rings is 1. The van der Waals surface area contributed by atoms with E-state index in [1.54, 1.807) is 0 Å². The molecule has 0 spiro atoms. The van der Waals surface area contributed by atoms with Crippen LogP contribution in [0.3, 0.4) is 0 Å². The molecule has 2 N–H and O–H groups in total. The lowest BCUT2D eigenvalue weighted by Crippen LogP contribution is -2.14. The van der Waals surface area contributed by atoms with Crippen molar-refractivity contribution in [3.8, 4) is 11.3 Å². The second-order valence-corrected chi connectivity index (χ2v) is 6.14. The summed E-state index contributed by atoms with van der Waals surface area (Å²) in [5.41, 5.74) is 10.7. The van der Waals surface area contributed by atoms with E-state index >= 15 is 0 Å². The summed E-state index contributed by atoms with van der Waals surface area (Å²) in [6.07, 6.45) is 0. The Labute approximate surface area is 136 Å². The van der Waals surface area contributed by atoms with E-state index < -0.39 is 5.91 Å². The van der Waals surface area contributed by atoms with Gasteiger partial charge in [0.05, 0.1) is 16.8 Å². The predicted octanol–water partition coefficient (Wildman–Crippen LogP) is 4.00. The van der Waals surface area contributed by atoms with Crippen molar-refractivity contribution in [3.05, 3.63) is 53.3 Å². The fourth-order valence-corrected chi connectivity index (χ4v) is 3.45. The Hall–Kier alpha value is -2.62. The minimum absolute atomic E-state index is 0.252. The van der Waals surface area contributed by atoms with Crippen molar-refractivity contribution in [2.75, 3.05) is 0 Å². The molecule has 0 radical (unpaired) electrons. The maximum Gasteiger partial charge on any atom is 0.251 e. The van der Waals surface area contributed by atoms with E-state index in [4.69, 9.17) is 10.7 Å². The summed E-state index contributed by atoms with van der Waals surface area (Å²) in [6, 6.07) is 12.2. The molecule has 3 aromatic rings. The third-order valence-corrected chi connectivity index (χ3v) is 4.31. The lowest BCUT2D eigenvalue weighted by Gasteiger charge is -2.13. The molecule has 4 heteroatoms. The maximum absolute atomic E-state index is 12.0. The summed E-state index contributed by atoms with van der Waals surface area (Å²) in [5, 5.41) is 1.08. The van der Waals surface area contributed by atoms with Crippen molar-refractivity contribution in [1.29, 1.82) is 0 Å². The number of para-hydroxylation sites is 1. The van der Waals surface area contributed by atoms with E-state index in [1.165, 1.54) is 0 Å². The van der Waals surface area contributed by atoms with Gasteiger partial charge >= 0.3 is 0 Å². The predicted molar refractivity (Wildman–Crippen MR) is 93.5 cm³/mol. The fraction of sp³-hybridized carbons (Fsp3) is 0.263. The van der Waals surface area contributed by atoms with Crippen LogP contribution >= 0.6 is 0 Å². The Morgan fingerprint density at radius 3 is 2.43 bits per heavy atom. The molecule has 2 aromatic heterocycles. The van der Waals surface area contributed by atoms with Crippen molar-refractivity contribution in [3.63, 3.8) is 0 Å². The van der Waals surface area contributed by atoms with E-state index in [-0.39, 0.29) is 6.04 Å². The molecule has 0 bridgehead atoms. The van der Waals surface area contributed by atoms with Crippen molar-refractivity contribution < 1.29 is 4.79 Å². The standard InChI is InChI=1S/C19H21N3O/c1-11(2)22-12(3)17(18(13(22)4)19(20)23)16-10-9-14-7-5-6-8-15(14)21-16/h5-11H,1-4H3,(H2,20,23). The number of carbonyl (C=O) groups is 1. The quantitative estimate of drug-likeness (QED) is 0.795. The highest BCUT2D eigenvalue weighted by Crippen LogP contribution is 2.33. The number of nitrogens with two attached hydrogens (primary N) is 1. The van der Waals surface area contributed by atoms with E-state index in [9.17, 15) is 4.79 Å². The number of fused-ring (bicyclic) bond motifs is 1. The van der Waals surface area contributed by atoms with Gasteiger partial charge in [-0.1, -0.05) is 24.3 Å². The van der Waals surface area contributed by atoms with Crippen LogP contribution in [0.2, 0.25) is 0 Å². The Morgan fingerprint density at radius 1 is 1.09 bits per heavy atom. The van der Waals surface area contributed by atoms with Gasteiger partial charge in [0.15, 0.2) is 0 Å². The van der Waals surface area contributed by atoms with Crippen LogP contribution in [0.15, 0.2) is 36.4 Å². The maximum atomic E-state index is 12.0. The van der Waals surface area contributed by atoms with E-state index in [2.05, 4.69) is 18.4 Å². The number of aromatic nitrogens is 2. The van der Waals surface area contributed by atoms with E-state index in [0.717, 1.165) is 33.5 Å². The second kappa shape index (κ2) is 5.54. The first-order valence-electron chi connectivity index (χ1n) is 7.79. The van der Waals surface area contributed by atoms with Crippen molar-refractivity contribution in [2.45, 2.75) is 33.7 Å². The minimum Gasteiger partial charge on any atom is -0.366 e. The Bertz CT molecular complexity index is 906. The molecule has 0 unspecified atom stereocenters. The van der Waals surface area contributed by atoms with Gasteiger partial charge < -0.3 is 10.3 Å². The van der Waals surface area contributed by atoms with E-state index in [1.807, 2.05) is 50.2 Å². The number of hydrogen-bond donors (Lipinski definition) is 1. The molecule has 0 saturated carbocycles. The van der Waals surface area contributed by atoms with Crippen LogP contribution in [0.1, 0.15) is 41.6 Å². The lowest BCUT2D eigenvalue weighted by molar-refractivity contribution is 0.1000. The van der Waals surface area contributed by atoms with Crippen molar-refractivity contribution in [2.24, 2.45) is 5.73 Å². The van der Waals surface area contributed by atoms with Gasteiger partial charge in [-0.15, -0.1) is 0 Å². The number of nitrogens with zero attached hydrogens (tertiary/aromatic N) is 2. The minimum atomic E-state index is -0.407. The molecule has 1 amide bonds. The van der Waals surface area contributed by atoms with Crippen LogP contribution in [0, 0.1) is 13.8 Å². The Kier molecular flexibility index (Phi) is 3.68. The van der Waals surface area contributed by atoms with Gasteiger partial charge in [-0.2, -0.15) is 0 Å². The monoisotopic (exact) mass is 307 g/mol. The zero-order valence-corrected chi connectivity index (χ0v) is 13.9. The second-order valence-electron chi connectivity index (χ2n) is 6.14. The SMILES string of the molecule is Cc1c(C(N)=O)c(-c2ccc3ccccc3n2)c(C)n1C(C)C. The summed E-state index contributed by atoms with van der Waals surface area (Å²) in [4.78, 5) is 16.8. The topological polar surface area (TPSA) is 60.9 Å². The molecule has 118 valence electrons. The highest BCUT2D eigenvalue weighted by atomic mass is 16.1. The molecule has 2 heterocycles. The first-order chi connectivity index (χ1) is 10.9.